The van der Waals surface area contributed by atoms with Gasteiger partial charge < -0.3 is 0 Å². The molecular weight excluding hydrogens is 264 g/mol. The smallest absolute Gasteiger partial charge is 0.0161 e. The van der Waals surface area contributed by atoms with Crippen molar-refractivity contribution in [1.29, 1.82) is 0 Å². The first-order valence-corrected chi connectivity index (χ1v) is 8.34. The van der Waals surface area contributed by atoms with Gasteiger partial charge in [0.1, 0.15) is 0 Å². The SMILES string of the molecule is CC1=Cc2c(cc3c(c2-c2cc(C)c(C)cc2C)CCC3)[CH]1. The number of allylic oxidation sites excluding steroid dienone is 1. The number of hydrogen-bond acceptors (Lipinski definition) is 0. The quantitative estimate of drug-likeness (QED) is 0.627. The third kappa shape index (κ3) is 1.97. The molecule has 0 fully saturated rings. The summed E-state index contributed by atoms with van der Waals surface area (Å²) in [4.78, 5) is 0. The molecule has 0 amide bonds. The summed E-state index contributed by atoms with van der Waals surface area (Å²) in [6, 6.07) is 7.19. The topological polar surface area (TPSA) is 0 Å². The summed E-state index contributed by atoms with van der Waals surface area (Å²) in [6.45, 7) is 8.92. The van der Waals surface area contributed by atoms with E-state index in [1.54, 1.807) is 11.1 Å². The predicted molar refractivity (Wildman–Crippen MR) is 95.2 cm³/mol. The van der Waals surface area contributed by atoms with Gasteiger partial charge in [0.2, 0.25) is 0 Å². The van der Waals surface area contributed by atoms with E-state index in [1.165, 1.54) is 63.8 Å². The summed E-state index contributed by atoms with van der Waals surface area (Å²) in [7, 11) is 0. The molecule has 1 radical (unpaired) electrons. The van der Waals surface area contributed by atoms with Gasteiger partial charge in [0.15, 0.2) is 0 Å². The van der Waals surface area contributed by atoms with Gasteiger partial charge in [-0.25, -0.2) is 0 Å². The molecule has 2 aromatic carbocycles. The largest absolute Gasteiger partial charge is 0.0642 e. The first-order valence-electron chi connectivity index (χ1n) is 8.34. The molecule has 0 spiro atoms. The second-order valence-corrected chi connectivity index (χ2v) is 7.03. The highest BCUT2D eigenvalue weighted by atomic mass is 14.3. The van der Waals surface area contributed by atoms with Crippen LogP contribution in [0.3, 0.4) is 0 Å². The summed E-state index contributed by atoms with van der Waals surface area (Å²) in [6.07, 6.45) is 8.49. The van der Waals surface area contributed by atoms with E-state index in [2.05, 4.69) is 58.4 Å². The van der Waals surface area contributed by atoms with Crippen molar-refractivity contribution in [3.8, 4) is 11.1 Å². The molecule has 2 aliphatic carbocycles. The van der Waals surface area contributed by atoms with Gasteiger partial charge in [-0.1, -0.05) is 29.8 Å². The van der Waals surface area contributed by atoms with Crippen molar-refractivity contribution >= 4 is 6.08 Å². The van der Waals surface area contributed by atoms with Gasteiger partial charge in [0, 0.05) is 6.42 Å². The number of fused-ring (bicyclic) bond motifs is 2. The third-order valence-electron chi connectivity index (χ3n) is 5.34. The Morgan fingerprint density at radius 3 is 2.41 bits per heavy atom. The highest BCUT2D eigenvalue weighted by Gasteiger charge is 2.25. The molecular formula is C22H23. The zero-order valence-corrected chi connectivity index (χ0v) is 14.0. The Morgan fingerprint density at radius 1 is 0.818 bits per heavy atom. The maximum Gasteiger partial charge on any atom is 0.0161 e. The van der Waals surface area contributed by atoms with Crippen molar-refractivity contribution in [2.24, 2.45) is 0 Å². The Bertz CT molecular complexity index is 819. The molecule has 2 aromatic rings. The van der Waals surface area contributed by atoms with Crippen LogP contribution < -0.4 is 0 Å². The Labute approximate surface area is 133 Å². The summed E-state index contributed by atoms with van der Waals surface area (Å²) in [5, 5.41) is 0. The lowest BCUT2D eigenvalue weighted by Gasteiger charge is -2.18. The molecule has 4 rings (SSSR count). The maximum atomic E-state index is 2.44. The summed E-state index contributed by atoms with van der Waals surface area (Å²) >= 11 is 0. The van der Waals surface area contributed by atoms with Crippen molar-refractivity contribution in [3.05, 3.63) is 69.1 Å². The molecule has 2 aliphatic rings. The number of hydrogen-bond donors (Lipinski definition) is 0. The molecule has 0 heteroatoms. The van der Waals surface area contributed by atoms with Crippen LogP contribution in [0.25, 0.3) is 17.2 Å². The van der Waals surface area contributed by atoms with Gasteiger partial charge >= 0.3 is 0 Å². The number of rotatable bonds is 1. The highest BCUT2D eigenvalue weighted by Crippen LogP contribution is 2.43. The first kappa shape index (κ1) is 13.8. The van der Waals surface area contributed by atoms with Crippen LogP contribution in [0, 0.1) is 27.2 Å². The van der Waals surface area contributed by atoms with Gasteiger partial charge in [-0.3, -0.25) is 0 Å². The van der Waals surface area contributed by atoms with Crippen LogP contribution in [-0.2, 0) is 12.8 Å². The van der Waals surface area contributed by atoms with Crippen LogP contribution in [0.2, 0.25) is 0 Å². The monoisotopic (exact) mass is 287 g/mol. The number of aryl methyl sites for hydroxylation is 4. The van der Waals surface area contributed by atoms with Crippen LogP contribution >= 0.6 is 0 Å². The lowest BCUT2D eigenvalue weighted by molar-refractivity contribution is 0.912. The molecule has 0 aliphatic heterocycles. The summed E-state index contributed by atoms with van der Waals surface area (Å²) in [5.41, 5.74) is 14.6. The Hall–Kier alpha value is -1.82. The first-order chi connectivity index (χ1) is 10.5. The van der Waals surface area contributed by atoms with Crippen molar-refractivity contribution in [2.75, 3.05) is 0 Å². The van der Waals surface area contributed by atoms with E-state index in [-0.39, 0.29) is 0 Å². The maximum absolute atomic E-state index is 2.44. The normalized spacial score (nSPS) is 15.7. The second-order valence-electron chi connectivity index (χ2n) is 7.03. The van der Waals surface area contributed by atoms with Crippen molar-refractivity contribution in [1.82, 2.24) is 0 Å². The van der Waals surface area contributed by atoms with Crippen molar-refractivity contribution in [2.45, 2.75) is 47.0 Å². The Morgan fingerprint density at radius 2 is 1.59 bits per heavy atom. The van der Waals surface area contributed by atoms with Crippen LogP contribution in [0.1, 0.15) is 52.3 Å². The molecule has 111 valence electrons. The second kappa shape index (κ2) is 4.84. The molecule has 0 nitrogen and oxygen atoms in total. The van der Waals surface area contributed by atoms with Crippen LogP contribution in [0.5, 0.6) is 0 Å². The van der Waals surface area contributed by atoms with Gasteiger partial charge in [-0.2, -0.15) is 0 Å². The fourth-order valence-electron chi connectivity index (χ4n) is 4.11. The molecule has 0 saturated carbocycles. The molecule has 0 bridgehead atoms. The molecule has 0 heterocycles. The van der Waals surface area contributed by atoms with E-state index >= 15 is 0 Å². The fourth-order valence-corrected chi connectivity index (χ4v) is 4.11. The van der Waals surface area contributed by atoms with E-state index in [9.17, 15) is 0 Å². The Kier molecular flexibility index (Phi) is 3.04. The average Bonchev–Trinajstić information content (AvgIpc) is 3.05. The lowest BCUT2D eigenvalue weighted by atomic mass is 9.86. The average molecular weight is 287 g/mol. The third-order valence-corrected chi connectivity index (χ3v) is 5.34. The minimum atomic E-state index is 1.23. The van der Waals surface area contributed by atoms with E-state index < -0.39 is 0 Å². The highest BCUT2D eigenvalue weighted by molar-refractivity contribution is 5.88. The van der Waals surface area contributed by atoms with Crippen molar-refractivity contribution < 1.29 is 0 Å². The summed E-state index contributed by atoms with van der Waals surface area (Å²) < 4.78 is 0. The minimum absolute atomic E-state index is 1.23. The zero-order valence-electron chi connectivity index (χ0n) is 14.0. The minimum Gasteiger partial charge on any atom is -0.0642 e. The molecule has 22 heavy (non-hydrogen) atoms. The standard InChI is InChI=1S/C22H23/c1-13-8-18-12-17-6-5-7-19(17)22(21(18)9-13)20-11-15(3)14(2)10-16(20)4/h8-12H,5-7H2,1-4H3. The zero-order chi connectivity index (χ0) is 15.4. The van der Waals surface area contributed by atoms with E-state index in [4.69, 9.17) is 0 Å². The van der Waals surface area contributed by atoms with Crippen LogP contribution in [-0.4, -0.2) is 0 Å². The van der Waals surface area contributed by atoms with Gasteiger partial charge in [-0.15, -0.1) is 0 Å². The molecule has 0 atom stereocenters. The molecule has 0 unspecified atom stereocenters. The van der Waals surface area contributed by atoms with Gasteiger partial charge in [0.25, 0.3) is 0 Å². The lowest BCUT2D eigenvalue weighted by Crippen LogP contribution is -1.98. The van der Waals surface area contributed by atoms with E-state index in [1.807, 2.05) is 0 Å². The fraction of sp³-hybridized carbons (Fsp3) is 0.318. The van der Waals surface area contributed by atoms with Crippen LogP contribution in [0.4, 0.5) is 0 Å². The molecule has 0 aromatic heterocycles. The summed E-state index contributed by atoms with van der Waals surface area (Å²) in [5.74, 6) is 0. The Balaban J connectivity index is 2.05. The predicted octanol–water partition coefficient (Wildman–Crippen LogP) is 5.74. The van der Waals surface area contributed by atoms with Gasteiger partial charge in [-0.05, 0) is 97.0 Å². The van der Waals surface area contributed by atoms with Crippen LogP contribution in [0.15, 0.2) is 23.8 Å². The van der Waals surface area contributed by atoms with Crippen molar-refractivity contribution in [3.63, 3.8) is 0 Å². The van der Waals surface area contributed by atoms with Gasteiger partial charge in [0.05, 0.1) is 0 Å². The number of benzene rings is 2. The molecule has 0 N–H and O–H groups in total. The van der Waals surface area contributed by atoms with E-state index in [0.717, 1.165) is 0 Å². The van der Waals surface area contributed by atoms with E-state index in [0.29, 0.717) is 0 Å². The molecule has 0 saturated heterocycles.